The molecule has 1 rings (SSSR count). The third-order valence-corrected chi connectivity index (χ3v) is 3.35. The summed E-state index contributed by atoms with van der Waals surface area (Å²) in [5.41, 5.74) is 2.73. The number of benzene rings is 1. The van der Waals surface area contributed by atoms with Crippen LogP contribution in [0.1, 0.15) is 38.3 Å². The lowest BCUT2D eigenvalue weighted by atomic mass is 9.86. The van der Waals surface area contributed by atoms with E-state index in [1.54, 1.807) is 0 Å². The Morgan fingerprint density at radius 2 is 1.84 bits per heavy atom. The van der Waals surface area contributed by atoms with Gasteiger partial charge in [-0.05, 0) is 30.0 Å². The SMILES string of the molecule is CNC(CC(=O)OC)Cc1ccc(C(C)(C)C)cc1. The van der Waals surface area contributed by atoms with Gasteiger partial charge in [0.25, 0.3) is 0 Å². The third kappa shape index (κ3) is 5.03. The molecule has 0 heterocycles. The van der Waals surface area contributed by atoms with Crippen LogP contribution in [-0.4, -0.2) is 26.2 Å². The van der Waals surface area contributed by atoms with Crippen LogP contribution in [0.15, 0.2) is 24.3 Å². The number of likely N-dealkylation sites (N-methyl/N-ethyl adjacent to an activating group) is 1. The summed E-state index contributed by atoms with van der Waals surface area (Å²) >= 11 is 0. The molecule has 3 heteroatoms. The van der Waals surface area contributed by atoms with Gasteiger partial charge in [0.2, 0.25) is 0 Å². The Morgan fingerprint density at radius 3 is 2.26 bits per heavy atom. The fourth-order valence-electron chi connectivity index (χ4n) is 1.99. The maximum atomic E-state index is 11.3. The molecule has 19 heavy (non-hydrogen) atoms. The van der Waals surface area contributed by atoms with Gasteiger partial charge >= 0.3 is 5.97 Å². The van der Waals surface area contributed by atoms with Crippen LogP contribution in [0.5, 0.6) is 0 Å². The zero-order valence-corrected chi connectivity index (χ0v) is 12.6. The van der Waals surface area contributed by atoms with Crippen molar-refractivity contribution in [3.8, 4) is 0 Å². The van der Waals surface area contributed by atoms with E-state index >= 15 is 0 Å². The highest BCUT2D eigenvalue weighted by molar-refractivity contribution is 5.69. The monoisotopic (exact) mass is 263 g/mol. The zero-order chi connectivity index (χ0) is 14.5. The van der Waals surface area contributed by atoms with E-state index in [1.165, 1.54) is 18.2 Å². The second-order valence-corrected chi connectivity index (χ2v) is 5.92. The normalized spacial score (nSPS) is 13.1. The minimum absolute atomic E-state index is 0.118. The first-order chi connectivity index (χ1) is 8.86. The van der Waals surface area contributed by atoms with Crippen molar-refractivity contribution < 1.29 is 9.53 Å². The second kappa shape index (κ2) is 6.71. The molecule has 0 radical (unpaired) electrons. The summed E-state index contributed by atoms with van der Waals surface area (Å²) in [5, 5.41) is 3.16. The van der Waals surface area contributed by atoms with Crippen LogP contribution in [0.4, 0.5) is 0 Å². The molecule has 0 aliphatic carbocycles. The number of nitrogens with one attached hydrogen (secondary N) is 1. The van der Waals surface area contributed by atoms with Crippen LogP contribution in [0.3, 0.4) is 0 Å². The summed E-state index contributed by atoms with van der Waals surface area (Å²) in [5.74, 6) is -0.175. The van der Waals surface area contributed by atoms with Crippen LogP contribution < -0.4 is 5.32 Å². The molecule has 106 valence electrons. The number of hydrogen-bond acceptors (Lipinski definition) is 3. The average Bonchev–Trinajstić information content (AvgIpc) is 2.37. The number of hydrogen-bond donors (Lipinski definition) is 1. The number of esters is 1. The van der Waals surface area contributed by atoms with Gasteiger partial charge in [-0.25, -0.2) is 0 Å². The summed E-state index contributed by atoms with van der Waals surface area (Å²) in [4.78, 5) is 11.3. The molecule has 0 fully saturated rings. The summed E-state index contributed by atoms with van der Waals surface area (Å²) in [7, 11) is 3.30. The highest BCUT2D eigenvalue weighted by Gasteiger charge is 2.15. The predicted octanol–water partition coefficient (Wildman–Crippen LogP) is 2.68. The highest BCUT2D eigenvalue weighted by Crippen LogP contribution is 2.22. The Balaban J connectivity index is 2.68. The Labute approximate surface area is 116 Å². The number of ether oxygens (including phenoxy) is 1. The Hall–Kier alpha value is -1.35. The van der Waals surface area contributed by atoms with E-state index in [1.807, 2.05) is 7.05 Å². The van der Waals surface area contributed by atoms with Gasteiger partial charge in [0.15, 0.2) is 0 Å². The van der Waals surface area contributed by atoms with E-state index in [4.69, 9.17) is 4.74 Å². The molecule has 0 aliphatic heterocycles. The number of methoxy groups -OCH3 is 1. The quantitative estimate of drug-likeness (QED) is 0.830. The zero-order valence-electron chi connectivity index (χ0n) is 12.6. The van der Waals surface area contributed by atoms with E-state index in [0.717, 1.165) is 6.42 Å². The second-order valence-electron chi connectivity index (χ2n) is 5.92. The molecule has 1 N–H and O–H groups in total. The van der Waals surface area contributed by atoms with Crippen LogP contribution >= 0.6 is 0 Å². The predicted molar refractivity (Wildman–Crippen MR) is 78.3 cm³/mol. The molecular formula is C16H25NO2. The average molecular weight is 263 g/mol. The Bertz CT molecular complexity index is 404. The Kier molecular flexibility index (Phi) is 5.55. The van der Waals surface area contributed by atoms with Crippen LogP contribution in [-0.2, 0) is 21.4 Å². The van der Waals surface area contributed by atoms with Crippen LogP contribution in [0.2, 0.25) is 0 Å². The lowest BCUT2D eigenvalue weighted by molar-refractivity contribution is -0.141. The van der Waals surface area contributed by atoms with Gasteiger partial charge in [0.05, 0.1) is 13.5 Å². The molecule has 0 saturated heterocycles. The maximum absolute atomic E-state index is 11.3. The van der Waals surface area contributed by atoms with Gasteiger partial charge in [0.1, 0.15) is 0 Å². The van der Waals surface area contributed by atoms with Crippen molar-refractivity contribution in [2.75, 3.05) is 14.2 Å². The highest BCUT2D eigenvalue weighted by atomic mass is 16.5. The van der Waals surface area contributed by atoms with Gasteiger partial charge in [-0.15, -0.1) is 0 Å². The fourth-order valence-corrected chi connectivity index (χ4v) is 1.99. The van der Waals surface area contributed by atoms with Gasteiger partial charge in [0, 0.05) is 6.04 Å². The summed E-state index contributed by atoms with van der Waals surface area (Å²) in [6, 6.07) is 8.73. The molecule has 0 aromatic heterocycles. The third-order valence-electron chi connectivity index (χ3n) is 3.35. The molecule has 1 aromatic carbocycles. The fraction of sp³-hybridized carbons (Fsp3) is 0.562. The maximum Gasteiger partial charge on any atom is 0.307 e. The van der Waals surface area contributed by atoms with Gasteiger partial charge in [-0.3, -0.25) is 4.79 Å². The Morgan fingerprint density at radius 1 is 1.26 bits per heavy atom. The summed E-state index contributed by atoms with van der Waals surface area (Å²) in [6.07, 6.45) is 1.23. The lowest BCUT2D eigenvalue weighted by Gasteiger charge is -2.20. The minimum atomic E-state index is -0.175. The molecule has 3 nitrogen and oxygen atoms in total. The first kappa shape index (κ1) is 15.7. The summed E-state index contributed by atoms with van der Waals surface area (Å²) in [6.45, 7) is 6.61. The first-order valence-corrected chi connectivity index (χ1v) is 6.70. The van der Waals surface area contributed by atoms with Crippen molar-refractivity contribution in [1.29, 1.82) is 0 Å². The lowest BCUT2D eigenvalue weighted by Crippen LogP contribution is -2.30. The van der Waals surface area contributed by atoms with Crippen LogP contribution in [0, 0.1) is 0 Å². The van der Waals surface area contributed by atoms with Gasteiger partial charge in [-0.2, -0.15) is 0 Å². The number of rotatable bonds is 5. The molecule has 1 aromatic rings. The molecule has 1 unspecified atom stereocenters. The van der Waals surface area contributed by atoms with Crippen molar-refractivity contribution in [2.45, 2.75) is 45.1 Å². The topological polar surface area (TPSA) is 38.3 Å². The number of carbonyl (C=O) groups is 1. The van der Waals surface area contributed by atoms with E-state index in [-0.39, 0.29) is 17.4 Å². The van der Waals surface area contributed by atoms with E-state index in [0.29, 0.717) is 6.42 Å². The molecule has 0 spiro atoms. The van der Waals surface area contributed by atoms with Crippen LogP contribution in [0.25, 0.3) is 0 Å². The number of carbonyl (C=O) groups excluding carboxylic acids is 1. The molecule has 0 bridgehead atoms. The van der Waals surface area contributed by atoms with Crippen molar-refractivity contribution >= 4 is 5.97 Å². The molecule has 0 aliphatic rings. The van der Waals surface area contributed by atoms with E-state index in [2.05, 4.69) is 50.4 Å². The van der Waals surface area contributed by atoms with Gasteiger partial charge in [-0.1, -0.05) is 45.0 Å². The minimum Gasteiger partial charge on any atom is -0.469 e. The molecule has 0 saturated carbocycles. The molecule has 0 amide bonds. The summed E-state index contributed by atoms with van der Waals surface area (Å²) < 4.78 is 4.71. The van der Waals surface area contributed by atoms with Crippen molar-refractivity contribution in [3.05, 3.63) is 35.4 Å². The van der Waals surface area contributed by atoms with E-state index in [9.17, 15) is 4.79 Å². The molecule has 1 atom stereocenters. The van der Waals surface area contributed by atoms with Crippen molar-refractivity contribution in [1.82, 2.24) is 5.32 Å². The van der Waals surface area contributed by atoms with E-state index < -0.39 is 0 Å². The van der Waals surface area contributed by atoms with Crippen molar-refractivity contribution in [3.63, 3.8) is 0 Å². The largest absolute Gasteiger partial charge is 0.469 e. The first-order valence-electron chi connectivity index (χ1n) is 6.70. The smallest absolute Gasteiger partial charge is 0.307 e. The molecular weight excluding hydrogens is 238 g/mol. The standard InChI is InChI=1S/C16H25NO2/c1-16(2,3)13-8-6-12(7-9-13)10-14(17-4)11-15(18)19-5/h6-9,14,17H,10-11H2,1-5H3. The van der Waals surface area contributed by atoms with Crippen molar-refractivity contribution in [2.24, 2.45) is 0 Å². The van der Waals surface area contributed by atoms with Gasteiger partial charge < -0.3 is 10.1 Å².